The number of carbonyl (C=O) groups is 1. The summed E-state index contributed by atoms with van der Waals surface area (Å²) < 4.78 is 41.9. The molecule has 3 N–H and O–H groups in total. The predicted octanol–water partition coefficient (Wildman–Crippen LogP) is 3.07. The second kappa shape index (κ2) is 13.2. The normalized spacial score (nSPS) is 27.1. The second-order valence-corrected chi connectivity index (χ2v) is 11.5. The number of aliphatic hydroxyl groups is 3. The number of amides is 1. The van der Waals surface area contributed by atoms with Gasteiger partial charge in [-0.3, -0.25) is 4.79 Å². The van der Waals surface area contributed by atoms with Crippen LogP contribution in [0.15, 0.2) is 36.5 Å². The molecule has 0 radical (unpaired) electrons. The number of nitrogens with zero attached hydrogens (tertiary/aromatic N) is 5. The quantitative estimate of drug-likeness (QED) is 0.357. The van der Waals surface area contributed by atoms with E-state index in [2.05, 4.69) is 10.3 Å². The first-order valence-electron chi connectivity index (χ1n) is 14.1. The van der Waals surface area contributed by atoms with Gasteiger partial charge in [-0.2, -0.15) is 5.26 Å². The van der Waals surface area contributed by atoms with Crippen molar-refractivity contribution < 1.29 is 38.4 Å². The molecule has 2 fully saturated rings. The second-order valence-electron chi connectivity index (χ2n) is 11.0. The molecule has 1 aromatic heterocycles. The highest BCUT2D eigenvalue weighted by molar-refractivity contribution is 6.31. The molecule has 1 saturated carbocycles. The lowest BCUT2D eigenvalue weighted by Crippen LogP contribution is -2.63. The molecule has 0 bridgehead atoms. The Balaban J connectivity index is 1.56. The highest BCUT2D eigenvalue weighted by Gasteiger charge is 2.52. The van der Waals surface area contributed by atoms with Crippen molar-refractivity contribution in [3.63, 3.8) is 0 Å². The number of methoxy groups -OCH3 is 1. The minimum absolute atomic E-state index is 0.0340. The maximum absolute atomic E-state index is 14.8. The van der Waals surface area contributed by atoms with Gasteiger partial charge in [0.2, 0.25) is 0 Å². The van der Waals surface area contributed by atoms with Crippen LogP contribution in [0, 0.1) is 29.9 Å². The first-order valence-corrected chi connectivity index (χ1v) is 14.5. The van der Waals surface area contributed by atoms with Gasteiger partial charge in [0.15, 0.2) is 17.7 Å². The van der Waals surface area contributed by atoms with Crippen LogP contribution in [-0.2, 0) is 14.3 Å². The Morgan fingerprint density at radius 2 is 1.98 bits per heavy atom. The van der Waals surface area contributed by atoms with Gasteiger partial charge in [0, 0.05) is 23.4 Å². The minimum Gasteiger partial charge on any atom is -0.394 e. The highest BCUT2D eigenvalue weighted by atomic mass is 35.5. The number of carbonyl (C=O) groups excluding carboxylic acids is 1. The van der Waals surface area contributed by atoms with Gasteiger partial charge < -0.3 is 29.7 Å². The maximum Gasteiger partial charge on any atom is 0.259 e. The van der Waals surface area contributed by atoms with Crippen molar-refractivity contribution in [1.29, 1.82) is 5.26 Å². The average molecular weight is 632 g/mol. The fraction of sp³-hybridized carbons (Fsp3) is 0.467. The van der Waals surface area contributed by atoms with Gasteiger partial charge in [-0.05, 0) is 49.6 Å². The molecular formula is C30H32ClF2N5O6. The summed E-state index contributed by atoms with van der Waals surface area (Å²) in [6.07, 6.45) is -2.65. The molecule has 0 spiro atoms. The number of halogens is 3. The summed E-state index contributed by atoms with van der Waals surface area (Å²) in [5.41, 5.74) is 0.368. The zero-order valence-corrected chi connectivity index (χ0v) is 24.7. The molecule has 5 rings (SSSR count). The summed E-state index contributed by atoms with van der Waals surface area (Å²) in [5, 5.41) is 50.1. The van der Waals surface area contributed by atoms with Crippen LogP contribution in [-0.4, -0.2) is 86.5 Å². The maximum atomic E-state index is 14.8. The van der Waals surface area contributed by atoms with Crippen molar-refractivity contribution in [3.05, 3.63) is 64.3 Å². The Hall–Kier alpha value is -3.51. The van der Waals surface area contributed by atoms with Crippen LogP contribution >= 0.6 is 11.6 Å². The smallest absolute Gasteiger partial charge is 0.259 e. The molecule has 7 atom stereocenters. The molecule has 44 heavy (non-hydrogen) atoms. The zero-order chi connectivity index (χ0) is 31.7. The van der Waals surface area contributed by atoms with Gasteiger partial charge in [-0.15, -0.1) is 5.10 Å². The molecule has 11 nitrogen and oxygen atoms in total. The van der Waals surface area contributed by atoms with Crippen molar-refractivity contribution >= 4 is 23.2 Å². The third kappa shape index (κ3) is 5.93. The third-order valence-corrected chi connectivity index (χ3v) is 8.52. The van der Waals surface area contributed by atoms with Crippen LogP contribution in [0.1, 0.15) is 42.9 Å². The van der Waals surface area contributed by atoms with Gasteiger partial charge in [0.05, 0.1) is 36.6 Å². The molecule has 1 amide bonds. The summed E-state index contributed by atoms with van der Waals surface area (Å²) in [5.74, 6) is -2.82. The van der Waals surface area contributed by atoms with E-state index in [1.54, 1.807) is 0 Å². The van der Waals surface area contributed by atoms with Gasteiger partial charge in [-0.1, -0.05) is 35.7 Å². The summed E-state index contributed by atoms with van der Waals surface area (Å²) in [4.78, 5) is 15.8. The SMILES string of the molecule is COC1C(C(=O)N(c2cc(Cl)cc(C#N)c2)[C@H]2CCCC[C@@H]2O)OC(CO)C(O)C1n1cc(-c2ccc(C)c(F)c2F)nn1. The Morgan fingerprint density at radius 3 is 2.66 bits per heavy atom. The van der Waals surface area contributed by atoms with E-state index in [4.69, 9.17) is 21.1 Å². The lowest BCUT2D eigenvalue weighted by atomic mass is 9.88. The molecule has 3 aromatic rings. The number of aromatic nitrogens is 3. The molecule has 1 aliphatic heterocycles. The Bertz CT molecular complexity index is 1570. The molecule has 1 aliphatic carbocycles. The topological polar surface area (TPSA) is 154 Å². The number of nitriles is 1. The first kappa shape index (κ1) is 31.9. The fourth-order valence-corrected chi connectivity index (χ4v) is 6.27. The van der Waals surface area contributed by atoms with Crippen LogP contribution in [0.25, 0.3) is 11.3 Å². The number of benzene rings is 2. The lowest BCUT2D eigenvalue weighted by molar-refractivity contribution is -0.211. The van der Waals surface area contributed by atoms with E-state index in [0.29, 0.717) is 12.8 Å². The van der Waals surface area contributed by atoms with E-state index < -0.39 is 66.8 Å². The van der Waals surface area contributed by atoms with E-state index in [1.807, 2.05) is 6.07 Å². The molecule has 1 saturated heterocycles. The van der Waals surface area contributed by atoms with Crippen LogP contribution in [0.3, 0.4) is 0 Å². The highest BCUT2D eigenvalue weighted by Crippen LogP contribution is 2.37. The zero-order valence-electron chi connectivity index (χ0n) is 24.0. The van der Waals surface area contributed by atoms with E-state index in [0.717, 1.165) is 12.8 Å². The van der Waals surface area contributed by atoms with Crippen molar-refractivity contribution in [1.82, 2.24) is 15.0 Å². The van der Waals surface area contributed by atoms with Crippen LogP contribution in [0.4, 0.5) is 14.5 Å². The largest absolute Gasteiger partial charge is 0.394 e. The first-order chi connectivity index (χ1) is 21.1. The Labute approximate surface area is 257 Å². The van der Waals surface area contributed by atoms with Gasteiger partial charge in [0.1, 0.15) is 30.0 Å². The summed E-state index contributed by atoms with van der Waals surface area (Å²) in [6.45, 7) is 0.742. The molecule has 2 aliphatic rings. The minimum atomic E-state index is -1.46. The number of hydrogen-bond acceptors (Lipinski definition) is 9. The Kier molecular flexibility index (Phi) is 9.59. The van der Waals surface area contributed by atoms with Gasteiger partial charge in [0.25, 0.3) is 5.91 Å². The van der Waals surface area contributed by atoms with Crippen molar-refractivity contribution in [3.8, 4) is 17.3 Å². The molecule has 5 unspecified atom stereocenters. The van der Waals surface area contributed by atoms with Crippen molar-refractivity contribution in [2.24, 2.45) is 0 Å². The monoisotopic (exact) mass is 631 g/mol. The molecular weight excluding hydrogens is 600 g/mol. The summed E-state index contributed by atoms with van der Waals surface area (Å²) >= 11 is 6.30. The molecule has 2 heterocycles. The number of ether oxygens (including phenoxy) is 2. The van der Waals surface area contributed by atoms with E-state index in [-0.39, 0.29) is 33.1 Å². The van der Waals surface area contributed by atoms with Gasteiger partial charge in [-0.25, -0.2) is 13.5 Å². The van der Waals surface area contributed by atoms with Gasteiger partial charge >= 0.3 is 0 Å². The number of hydrogen-bond donors (Lipinski definition) is 3. The van der Waals surface area contributed by atoms with Crippen LogP contribution in [0.2, 0.25) is 5.02 Å². The Morgan fingerprint density at radius 1 is 1.23 bits per heavy atom. The molecule has 2 aromatic carbocycles. The van der Waals surface area contributed by atoms with E-state index in [9.17, 15) is 34.2 Å². The molecule has 234 valence electrons. The standard InChI is InChI=1S/C30H32ClF2N5O6/c1-15-7-8-19(25(33)24(15)32)20-13-37(36-35-20)26-27(41)23(14-39)44-29(28(26)43-2)30(42)38(21-5-3-4-6-22(21)40)18-10-16(12-34)9-17(31)11-18/h7-11,13,21-23,26-29,39-41H,3-6,14H2,1-2H3/t21-,22-,23?,26?,27?,28?,29?/m0/s1. The predicted molar refractivity (Wildman–Crippen MR) is 154 cm³/mol. The summed E-state index contributed by atoms with van der Waals surface area (Å²) in [6, 6.07) is 7.32. The van der Waals surface area contributed by atoms with Crippen molar-refractivity contribution in [2.45, 2.75) is 75.2 Å². The van der Waals surface area contributed by atoms with Crippen molar-refractivity contribution in [2.75, 3.05) is 18.6 Å². The number of anilines is 1. The number of rotatable bonds is 7. The van der Waals surface area contributed by atoms with E-state index >= 15 is 0 Å². The lowest BCUT2D eigenvalue weighted by Gasteiger charge is -2.46. The third-order valence-electron chi connectivity index (χ3n) is 8.30. The average Bonchev–Trinajstić information content (AvgIpc) is 3.49. The summed E-state index contributed by atoms with van der Waals surface area (Å²) in [7, 11) is 1.30. The van der Waals surface area contributed by atoms with E-state index in [1.165, 1.54) is 60.1 Å². The number of aryl methyl sites for hydroxylation is 1. The van der Waals surface area contributed by atoms with Crippen LogP contribution in [0.5, 0.6) is 0 Å². The molecule has 14 heteroatoms. The number of aliphatic hydroxyl groups excluding tert-OH is 3. The fourth-order valence-electron chi connectivity index (χ4n) is 6.04. The van der Waals surface area contributed by atoms with Crippen LogP contribution < -0.4 is 4.90 Å².